The highest BCUT2D eigenvalue weighted by atomic mass is 19.1. The molecule has 82 valence electrons. The molecule has 1 aromatic heterocycles. The molecule has 1 aliphatic heterocycles. The number of likely N-dealkylation sites (N-methyl/N-ethyl adjacent to an activating group) is 1. The van der Waals surface area contributed by atoms with E-state index in [1.165, 1.54) is 6.07 Å². The molecule has 1 N–H and O–H groups in total. The maximum absolute atomic E-state index is 13.3. The normalized spacial score (nSPS) is 22.7. The summed E-state index contributed by atoms with van der Waals surface area (Å²) >= 11 is 0. The molecular weight excluding hydrogens is 193 g/mol. The van der Waals surface area contributed by atoms with Gasteiger partial charge in [0.1, 0.15) is 0 Å². The number of anilines is 1. The number of rotatable bonds is 2. The first-order chi connectivity index (χ1) is 7.25. The molecule has 0 spiro atoms. The van der Waals surface area contributed by atoms with Crippen LogP contribution in [0.4, 0.5) is 10.2 Å². The van der Waals surface area contributed by atoms with Gasteiger partial charge < -0.3 is 10.2 Å². The second-order valence-electron chi connectivity index (χ2n) is 4.08. The van der Waals surface area contributed by atoms with E-state index in [2.05, 4.69) is 22.2 Å². The maximum Gasteiger partial charge on any atom is 0.165 e. The van der Waals surface area contributed by atoms with E-state index >= 15 is 0 Å². The van der Waals surface area contributed by atoms with Gasteiger partial charge in [-0.25, -0.2) is 9.37 Å². The zero-order valence-electron chi connectivity index (χ0n) is 8.91. The minimum Gasteiger partial charge on any atom is -0.364 e. The van der Waals surface area contributed by atoms with Crippen LogP contribution in [0.15, 0.2) is 18.3 Å². The van der Waals surface area contributed by atoms with E-state index in [0.29, 0.717) is 11.9 Å². The van der Waals surface area contributed by atoms with Crippen LogP contribution in [-0.4, -0.2) is 36.1 Å². The average Bonchev–Trinajstić information content (AvgIpc) is 2.22. The summed E-state index contributed by atoms with van der Waals surface area (Å²) in [5.41, 5.74) is 0. The van der Waals surface area contributed by atoms with E-state index in [1.807, 2.05) is 0 Å². The van der Waals surface area contributed by atoms with Gasteiger partial charge in [-0.05, 0) is 38.6 Å². The number of nitrogens with zero attached hydrogens (tertiary/aromatic N) is 2. The Kier molecular flexibility index (Phi) is 3.16. The molecule has 0 aliphatic carbocycles. The van der Waals surface area contributed by atoms with Crippen LogP contribution in [0, 0.1) is 5.82 Å². The predicted octanol–water partition coefficient (Wildman–Crippen LogP) is 1.73. The van der Waals surface area contributed by atoms with Gasteiger partial charge in [-0.3, -0.25) is 0 Å². The van der Waals surface area contributed by atoms with Crippen LogP contribution in [0.2, 0.25) is 0 Å². The molecule has 1 aliphatic rings. The molecule has 1 aromatic rings. The van der Waals surface area contributed by atoms with Crippen molar-refractivity contribution in [2.24, 2.45) is 0 Å². The Labute approximate surface area is 89.3 Å². The van der Waals surface area contributed by atoms with Crippen LogP contribution in [0.5, 0.6) is 0 Å². The number of aromatic nitrogens is 1. The molecule has 2 heterocycles. The van der Waals surface area contributed by atoms with Gasteiger partial charge in [0.05, 0.1) is 0 Å². The van der Waals surface area contributed by atoms with Gasteiger partial charge in [-0.2, -0.15) is 0 Å². The second kappa shape index (κ2) is 4.57. The maximum atomic E-state index is 13.3. The standard InChI is InChI=1S/C11H16FN3/c1-15-7-3-4-9(8-15)14-11-10(12)5-2-6-13-11/h2,5-6,9H,3-4,7-8H2,1H3,(H,13,14). The molecule has 1 fully saturated rings. The van der Waals surface area contributed by atoms with Crippen LogP contribution in [0.25, 0.3) is 0 Å². The Bertz CT molecular complexity index is 329. The van der Waals surface area contributed by atoms with E-state index in [9.17, 15) is 4.39 Å². The number of hydrogen-bond acceptors (Lipinski definition) is 3. The van der Waals surface area contributed by atoms with Gasteiger partial charge in [0, 0.05) is 18.8 Å². The molecule has 0 saturated carbocycles. The Morgan fingerprint density at radius 1 is 1.60 bits per heavy atom. The molecule has 0 amide bonds. The molecule has 2 rings (SSSR count). The molecule has 1 atom stereocenters. The number of piperidine rings is 1. The zero-order chi connectivity index (χ0) is 10.7. The van der Waals surface area contributed by atoms with Crippen molar-refractivity contribution in [3.63, 3.8) is 0 Å². The topological polar surface area (TPSA) is 28.2 Å². The third kappa shape index (κ3) is 2.65. The molecule has 3 nitrogen and oxygen atoms in total. The van der Waals surface area contributed by atoms with Crippen LogP contribution in [0.3, 0.4) is 0 Å². The van der Waals surface area contributed by atoms with Crippen molar-refractivity contribution >= 4 is 5.82 Å². The van der Waals surface area contributed by atoms with Gasteiger partial charge in [-0.1, -0.05) is 0 Å². The van der Waals surface area contributed by atoms with Crippen molar-refractivity contribution in [3.8, 4) is 0 Å². The largest absolute Gasteiger partial charge is 0.364 e. The van der Waals surface area contributed by atoms with Crippen molar-refractivity contribution in [3.05, 3.63) is 24.1 Å². The molecule has 0 bridgehead atoms. The Morgan fingerprint density at radius 3 is 3.20 bits per heavy atom. The van der Waals surface area contributed by atoms with Gasteiger partial charge in [0.15, 0.2) is 11.6 Å². The van der Waals surface area contributed by atoms with Crippen molar-refractivity contribution in [2.45, 2.75) is 18.9 Å². The average molecular weight is 209 g/mol. The first-order valence-electron chi connectivity index (χ1n) is 5.31. The van der Waals surface area contributed by atoms with E-state index in [-0.39, 0.29) is 5.82 Å². The van der Waals surface area contributed by atoms with Crippen LogP contribution in [0.1, 0.15) is 12.8 Å². The van der Waals surface area contributed by atoms with Gasteiger partial charge in [0.2, 0.25) is 0 Å². The van der Waals surface area contributed by atoms with Gasteiger partial charge in [-0.15, -0.1) is 0 Å². The summed E-state index contributed by atoms with van der Waals surface area (Å²) in [7, 11) is 2.09. The second-order valence-corrected chi connectivity index (χ2v) is 4.08. The highest BCUT2D eigenvalue weighted by Crippen LogP contribution is 2.15. The monoisotopic (exact) mass is 209 g/mol. The van der Waals surface area contributed by atoms with Crippen molar-refractivity contribution in [2.75, 3.05) is 25.5 Å². The number of hydrogen-bond donors (Lipinski definition) is 1. The molecular formula is C11H16FN3. The third-order valence-corrected chi connectivity index (χ3v) is 2.72. The summed E-state index contributed by atoms with van der Waals surface area (Å²) in [5, 5.41) is 3.15. The zero-order valence-corrected chi connectivity index (χ0v) is 8.91. The Morgan fingerprint density at radius 2 is 2.47 bits per heavy atom. The lowest BCUT2D eigenvalue weighted by atomic mass is 10.1. The lowest BCUT2D eigenvalue weighted by Crippen LogP contribution is -2.40. The first-order valence-corrected chi connectivity index (χ1v) is 5.31. The minimum atomic E-state index is -0.272. The fourth-order valence-corrected chi connectivity index (χ4v) is 1.97. The number of nitrogens with one attached hydrogen (secondary N) is 1. The molecule has 0 radical (unpaired) electrons. The quantitative estimate of drug-likeness (QED) is 0.804. The van der Waals surface area contributed by atoms with Gasteiger partial charge >= 0.3 is 0 Å². The summed E-state index contributed by atoms with van der Waals surface area (Å²) in [6, 6.07) is 3.35. The number of pyridine rings is 1. The highest BCUT2D eigenvalue weighted by molar-refractivity contribution is 5.36. The van der Waals surface area contributed by atoms with Crippen molar-refractivity contribution in [1.82, 2.24) is 9.88 Å². The fourth-order valence-electron chi connectivity index (χ4n) is 1.97. The van der Waals surface area contributed by atoms with E-state index in [0.717, 1.165) is 25.9 Å². The molecule has 15 heavy (non-hydrogen) atoms. The minimum absolute atomic E-state index is 0.272. The van der Waals surface area contributed by atoms with E-state index < -0.39 is 0 Å². The van der Waals surface area contributed by atoms with Gasteiger partial charge in [0.25, 0.3) is 0 Å². The third-order valence-electron chi connectivity index (χ3n) is 2.72. The van der Waals surface area contributed by atoms with Crippen LogP contribution < -0.4 is 5.32 Å². The molecule has 1 unspecified atom stereocenters. The summed E-state index contributed by atoms with van der Waals surface area (Å²) < 4.78 is 13.3. The number of halogens is 1. The van der Waals surface area contributed by atoms with E-state index in [1.54, 1.807) is 12.3 Å². The highest BCUT2D eigenvalue weighted by Gasteiger charge is 2.18. The lowest BCUT2D eigenvalue weighted by molar-refractivity contribution is 0.260. The summed E-state index contributed by atoms with van der Waals surface area (Å²) in [6.45, 7) is 2.08. The fraction of sp³-hybridized carbons (Fsp3) is 0.545. The number of likely N-dealkylation sites (tertiary alicyclic amines) is 1. The molecule has 0 aromatic carbocycles. The van der Waals surface area contributed by atoms with E-state index in [4.69, 9.17) is 0 Å². The summed E-state index contributed by atoms with van der Waals surface area (Å²) in [4.78, 5) is 6.24. The van der Waals surface area contributed by atoms with Crippen molar-refractivity contribution < 1.29 is 4.39 Å². The summed E-state index contributed by atoms with van der Waals surface area (Å²) in [6.07, 6.45) is 3.85. The van der Waals surface area contributed by atoms with Crippen molar-refractivity contribution in [1.29, 1.82) is 0 Å². The lowest BCUT2D eigenvalue weighted by Gasteiger charge is -2.30. The molecule has 1 saturated heterocycles. The Hall–Kier alpha value is -1.16. The molecule has 4 heteroatoms. The SMILES string of the molecule is CN1CCCC(Nc2ncccc2F)C1. The summed E-state index contributed by atoms with van der Waals surface area (Å²) in [5.74, 6) is 0.100. The smallest absolute Gasteiger partial charge is 0.165 e. The van der Waals surface area contributed by atoms with Crippen LogP contribution in [-0.2, 0) is 0 Å². The predicted molar refractivity (Wildman–Crippen MR) is 58.3 cm³/mol. The first kappa shape index (κ1) is 10.4. The van der Waals surface area contributed by atoms with Crippen LogP contribution >= 0.6 is 0 Å². The Balaban J connectivity index is 1.99.